The zero-order valence-corrected chi connectivity index (χ0v) is 12.8. The average molecular weight is 298 g/mol. The van der Waals surface area contributed by atoms with Crippen molar-refractivity contribution in [1.82, 2.24) is 5.32 Å². The van der Waals surface area contributed by atoms with Crippen LogP contribution in [0.2, 0.25) is 0 Å². The SMILES string of the molecule is Cc1ccc(CNC(=O)c2ccccc2NCCCO)cc1. The molecular weight excluding hydrogens is 276 g/mol. The molecule has 2 aromatic carbocycles. The van der Waals surface area contributed by atoms with Gasteiger partial charge < -0.3 is 15.7 Å². The zero-order chi connectivity index (χ0) is 15.8. The highest BCUT2D eigenvalue weighted by molar-refractivity contribution is 5.99. The summed E-state index contributed by atoms with van der Waals surface area (Å²) in [5.41, 5.74) is 3.68. The number of nitrogens with one attached hydrogen (secondary N) is 2. The van der Waals surface area contributed by atoms with Gasteiger partial charge in [-0.2, -0.15) is 0 Å². The van der Waals surface area contributed by atoms with Crippen molar-refractivity contribution < 1.29 is 9.90 Å². The fourth-order valence-corrected chi connectivity index (χ4v) is 2.12. The maximum absolute atomic E-state index is 12.3. The van der Waals surface area contributed by atoms with Crippen molar-refractivity contribution in [3.8, 4) is 0 Å². The van der Waals surface area contributed by atoms with Gasteiger partial charge in [-0.05, 0) is 31.0 Å². The van der Waals surface area contributed by atoms with Crippen LogP contribution in [-0.4, -0.2) is 24.2 Å². The summed E-state index contributed by atoms with van der Waals surface area (Å²) in [7, 11) is 0. The Morgan fingerprint density at radius 1 is 1.09 bits per heavy atom. The summed E-state index contributed by atoms with van der Waals surface area (Å²) < 4.78 is 0. The zero-order valence-electron chi connectivity index (χ0n) is 12.8. The third kappa shape index (κ3) is 4.60. The molecule has 0 aromatic heterocycles. The van der Waals surface area contributed by atoms with Crippen LogP contribution in [0.1, 0.15) is 27.9 Å². The summed E-state index contributed by atoms with van der Waals surface area (Å²) in [6, 6.07) is 15.5. The van der Waals surface area contributed by atoms with Gasteiger partial charge in [0.1, 0.15) is 0 Å². The maximum Gasteiger partial charge on any atom is 0.253 e. The van der Waals surface area contributed by atoms with Crippen molar-refractivity contribution >= 4 is 11.6 Å². The van der Waals surface area contributed by atoms with Crippen LogP contribution in [0.3, 0.4) is 0 Å². The number of aryl methyl sites for hydroxylation is 1. The van der Waals surface area contributed by atoms with Crippen LogP contribution < -0.4 is 10.6 Å². The predicted molar refractivity (Wildman–Crippen MR) is 89.0 cm³/mol. The summed E-state index contributed by atoms with van der Waals surface area (Å²) in [4.78, 5) is 12.3. The van der Waals surface area contributed by atoms with Gasteiger partial charge in [0.15, 0.2) is 0 Å². The van der Waals surface area contributed by atoms with Crippen molar-refractivity contribution in [2.24, 2.45) is 0 Å². The molecule has 0 fully saturated rings. The lowest BCUT2D eigenvalue weighted by molar-refractivity contribution is 0.0951. The third-order valence-electron chi connectivity index (χ3n) is 3.40. The van der Waals surface area contributed by atoms with Crippen LogP contribution in [0.15, 0.2) is 48.5 Å². The Morgan fingerprint density at radius 2 is 1.82 bits per heavy atom. The average Bonchev–Trinajstić information content (AvgIpc) is 2.55. The Labute approximate surface area is 131 Å². The van der Waals surface area contributed by atoms with Gasteiger partial charge in [0.05, 0.1) is 5.56 Å². The smallest absolute Gasteiger partial charge is 0.253 e. The first kappa shape index (κ1) is 16.0. The molecule has 2 rings (SSSR count). The molecule has 3 N–H and O–H groups in total. The normalized spacial score (nSPS) is 10.3. The molecule has 0 aliphatic rings. The number of hydrogen-bond donors (Lipinski definition) is 3. The van der Waals surface area contributed by atoms with Gasteiger partial charge in [-0.1, -0.05) is 42.0 Å². The first-order valence-electron chi connectivity index (χ1n) is 7.48. The van der Waals surface area contributed by atoms with Crippen LogP contribution in [0, 0.1) is 6.92 Å². The first-order chi connectivity index (χ1) is 10.7. The van der Waals surface area contributed by atoms with Crippen LogP contribution in [0.5, 0.6) is 0 Å². The van der Waals surface area contributed by atoms with Gasteiger partial charge in [0.25, 0.3) is 5.91 Å². The molecule has 4 heteroatoms. The fourth-order valence-electron chi connectivity index (χ4n) is 2.12. The Hall–Kier alpha value is -2.33. The van der Waals surface area contributed by atoms with Crippen molar-refractivity contribution in [2.75, 3.05) is 18.5 Å². The molecule has 0 saturated heterocycles. The number of amides is 1. The lowest BCUT2D eigenvalue weighted by Gasteiger charge is -2.12. The Bertz CT molecular complexity index is 609. The van der Waals surface area contributed by atoms with E-state index < -0.39 is 0 Å². The summed E-state index contributed by atoms with van der Waals surface area (Å²) in [5, 5.41) is 15.0. The standard InChI is InChI=1S/C18H22N2O2/c1-14-7-9-15(10-8-14)13-20-18(22)16-5-2-3-6-17(16)19-11-4-12-21/h2-3,5-10,19,21H,4,11-13H2,1H3,(H,20,22). The molecule has 2 aromatic rings. The molecule has 0 aliphatic heterocycles. The summed E-state index contributed by atoms with van der Waals surface area (Å²) in [6.07, 6.45) is 0.652. The van der Waals surface area contributed by atoms with Crippen LogP contribution >= 0.6 is 0 Å². The van der Waals surface area contributed by atoms with E-state index in [1.54, 1.807) is 6.07 Å². The molecule has 1 amide bonds. The minimum Gasteiger partial charge on any atom is -0.396 e. The van der Waals surface area contributed by atoms with Gasteiger partial charge in [0.2, 0.25) is 0 Å². The number of benzene rings is 2. The molecule has 0 aliphatic carbocycles. The highest BCUT2D eigenvalue weighted by Gasteiger charge is 2.10. The summed E-state index contributed by atoms with van der Waals surface area (Å²) in [6.45, 7) is 3.31. The molecular formula is C18H22N2O2. The topological polar surface area (TPSA) is 61.4 Å². The number of carbonyl (C=O) groups is 1. The lowest BCUT2D eigenvalue weighted by atomic mass is 10.1. The summed E-state index contributed by atoms with van der Waals surface area (Å²) >= 11 is 0. The molecule has 0 atom stereocenters. The second-order valence-corrected chi connectivity index (χ2v) is 5.22. The van der Waals surface area contributed by atoms with Crippen molar-refractivity contribution in [1.29, 1.82) is 0 Å². The Morgan fingerprint density at radius 3 is 2.55 bits per heavy atom. The molecule has 0 heterocycles. The minimum atomic E-state index is -0.104. The number of hydrogen-bond acceptors (Lipinski definition) is 3. The van der Waals surface area contributed by atoms with E-state index in [-0.39, 0.29) is 12.5 Å². The van der Waals surface area contributed by atoms with Crippen LogP contribution in [-0.2, 0) is 6.54 Å². The molecule has 0 bridgehead atoms. The number of para-hydroxylation sites is 1. The van der Waals surface area contributed by atoms with Gasteiger partial charge in [-0.15, -0.1) is 0 Å². The van der Waals surface area contributed by atoms with Crippen molar-refractivity contribution in [2.45, 2.75) is 19.9 Å². The first-order valence-corrected chi connectivity index (χ1v) is 7.48. The molecule has 0 saturated carbocycles. The highest BCUT2D eigenvalue weighted by Crippen LogP contribution is 2.15. The number of rotatable bonds is 7. The van der Waals surface area contributed by atoms with E-state index in [9.17, 15) is 4.79 Å². The Kier molecular flexibility index (Phi) is 5.98. The second-order valence-electron chi connectivity index (χ2n) is 5.22. The predicted octanol–water partition coefficient (Wildman–Crippen LogP) is 2.72. The van der Waals surface area contributed by atoms with E-state index in [2.05, 4.69) is 10.6 Å². The molecule has 0 unspecified atom stereocenters. The second kappa shape index (κ2) is 8.20. The van der Waals surface area contributed by atoms with Gasteiger partial charge >= 0.3 is 0 Å². The number of carbonyl (C=O) groups excluding carboxylic acids is 1. The van der Waals surface area contributed by atoms with E-state index in [0.717, 1.165) is 11.3 Å². The summed E-state index contributed by atoms with van der Waals surface area (Å²) in [5.74, 6) is -0.104. The lowest BCUT2D eigenvalue weighted by Crippen LogP contribution is -2.24. The monoisotopic (exact) mass is 298 g/mol. The third-order valence-corrected chi connectivity index (χ3v) is 3.40. The van der Waals surface area contributed by atoms with Crippen LogP contribution in [0.4, 0.5) is 5.69 Å². The van der Waals surface area contributed by atoms with E-state index in [0.29, 0.717) is 25.1 Å². The van der Waals surface area contributed by atoms with Gasteiger partial charge in [0, 0.05) is 25.4 Å². The van der Waals surface area contributed by atoms with E-state index in [1.165, 1.54) is 5.56 Å². The molecule has 116 valence electrons. The Balaban J connectivity index is 1.98. The van der Waals surface area contributed by atoms with E-state index in [4.69, 9.17) is 5.11 Å². The van der Waals surface area contributed by atoms with Crippen LogP contribution in [0.25, 0.3) is 0 Å². The largest absolute Gasteiger partial charge is 0.396 e. The fraction of sp³-hybridized carbons (Fsp3) is 0.278. The van der Waals surface area contributed by atoms with Gasteiger partial charge in [-0.25, -0.2) is 0 Å². The molecule has 22 heavy (non-hydrogen) atoms. The van der Waals surface area contributed by atoms with E-state index >= 15 is 0 Å². The molecule has 4 nitrogen and oxygen atoms in total. The number of aliphatic hydroxyl groups is 1. The number of aliphatic hydroxyl groups excluding tert-OH is 1. The van der Waals surface area contributed by atoms with Crippen molar-refractivity contribution in [3.05, 3.63) is 65.2 Å². The quantitative estimate of drug-likeness (QED) is 0.689. The molecule has 0 spiro atoms. The van der Waals surface area contributed by atoms with Gasteiger partial charge in [-0.3, -0.25) is 4.79 Å². The molecule has 0 radical (unpaired) electrons. The maximum atomic E-state index is 12.3. The number of anilines is 1. The van der Waals surface area contributed by atoms with Crippen molar-refractivity contribution in [3.63, 3.8) is 0 Å². The minimum absolute atomic E-state index is 0.104. The highest BCUT2D eigenvalue weighted by atomic mass is 16.3. The van der Waals surface area contributed by atoms with E-state index in [1.807, 2.05) is 49.4 Å².